The molecule has 0 atom stereocenters. The van der Waals surface area contributed by atoms with Crippen molar-refractivity contribution < 1.29 is 14.0 Å². The molecular weight excluding hydrogens is 471 g/mol. The number of rotatable bonds is 5. The minimum atomic E-state index is -0.644. The van der Waals surface area contributed by atoms with E-state index >= 15 is 0 Å². The summed E-state index contributed by atoms with van der Waals surface area (Å²) in [5.41, 5.74) is 4.07. The highest BCUT2D eigenvalue weighted by atomic mass is 35.5. The molecule has 0 aliphatic carbocycles. The highest BCUT2D eigenvalue weighted by Crippen LogP contribution is 2.22. The van der Waals surface area contributed by atoms with Gasteiger partial charge in [-0.1, -0.05) is 23.7 Å². The molecule has 0 radical (unpaired) electrons. The van der Waals surface area contributed by atoms with E-state index in [1.807, 2.05) is 0 Å². The Labute approximate surface area is 203 Å². The smallest absolute Gasteiger partial charge is 0.308 e. The number of carbonyl (C=O) groups is 2. The number of nitrogens with one attached hydrogen (secondary N) is 3. The van der Waals surface area contributed by atoms with Crippen molar-refractivity contribution in [3.05, 3.63) is 101 Å². The van der Waals surface area contributed by atoms with E-state index in [0.29, 0.717) is 33.5 Å². The lowest BCUT2D eigenvalue weighted by Crippen LogP contribution is -2.19. The molecule has 0 saturated heterocycles. The van der Waals surface area contributed by atoms with E-state index in [4.69, 9.17) is 11.6 Å². The van der Waals surface area contributed by atoms with Crippen molar-refractivity contribution in [3.8, 4) is 11.3 Å². The van der Waals surface area contributed by atoms with Crippen LogP contribution in [0.25, 0.3) is 22.3 Å². The van der Waals surface area contributed by atoms with Gasteiger partial charge in [-0.2, -0.15) is 5.10 Å². The summed E-state index contributed by atoms with van der Waals surface area (Å²) in [6.07, 6.45) is 5.00. The highest BCUT2D eigenvalue weighted by molar-refractivity contribution is 6.30. The number of carbonyl (C=O) groups excluding carboxylic acids is 2. The first-order chi connectivity index (χ1) is 17.0. The molecule has 0 saturated carbocycles. The van der Waals surface area contributed by atoms with Crippen LogP contribution in [0.4, 0.5) is 20.6 Å². The van der Waals surface area contributed by atoms with Crippen LogP contribution < -0.4 is 10.6 Å². The van der Waals surface area contributed by atoms with Gasteiger partial charge in [-0.05, 0) is 48.5 Å². The topological polar surface area (TPSA) is 113 Å². The maximum atomic E-state index is 13.6. The number of aromatic amines is 1. The average Bonchev–Trinajstić information content (AvgIpc) is 3.40. The summed E-state index contributed by atoms with van der Waals surface area (Å²) in [4.78, 5) is 34.5. The number of amides is 2. The molecule has 5 aromatic rings. The van der Waals surface area contributed by atoms with Crippen LogP contribution in [0.5, 0.6) is 0 Å². The second kappa shape index (κ2) is 9.32. The molecule has 2 amide bonds. The summed E-state index contributed by atoms with van der Waals surface area (Å²) in [7, 11) is 0. The van der Waals surface area contributed by atoms with Crippen LogP contribution in [0.1, 0.15) is 15.9 Å². The summed E-state index contributed by atoms with van der Waals surface area (Å²) < 4.78 is 13.6. The van der Waals surface area contributed by atoms with Crippen molar-refractivity contribution in [2.75, 3.05) is 10.6 Å². The van der Waals surface area contributed by atoms with Gasteiger partial charge in [0.05, 0.1) is 34.1 Å². The fraction of sp³-hybridized carbons (Fsp3) is 0. The predicted octanol–water partition coefficient (Wildman–Crippen LogP) is 5.69. The van der Waals surface area contributed by atoms with Gasteiger partial charge in [0.15, 0.2) is 5.78 Å². The molecule has 0 aliphatic heterocycles. The number of hydrogen-bond donors (Lipinski definition) is 3. The normalized spacial score (nSPS) is 10.8. The molecule has 10 heteroatoms. The number of benzene rings is 3. The molecule has 0 aliphatic rings. The highest BCUT2D eigenvalue weighted by Gasteiger charge is 2.13. The Kier molecular flexibility index (Phi) is 5.90. The molecule has 0 fully saturated rings. The summed E-state index contributed by atoms with van der Waals surface area (Å²) >= 11 is 5.66. The van der Waals surface area contributed by atoms with Gasteiger partial charge in [-0.15, -0.1) is 0 Å². The minimum Gasteiger partial charge on any atom is -0.308 e. The van der Waals surface area contributed by atoms with Crippen LogP contribution in [0.3, 0.4) is 0 Å². The number of H-pyrrole nitrogens is 1. The van der Waals surface area contributed by atoms with E-state index < -0.39 is 11.8 Å². The number of anilines is 2. The molecule has 8 nitrogen and oxygen atoms in total. The van der Waals surface area contributed by atoms with Crippen molar-refractivity contribution >= 4 is 45.8 Å². The first-order valence-corrected chi connectivity index (χ1v) is 10.8. The first kappa shape index (κ1) is 22.2. The van der Waals surface area contributed by atoms with Gasteiger partial charge >= 0.3 is 6.03 Å². The monoisotopic (exact) mass is 486 g/mol. The summed E-state index contributed by atoms with van der Waals surface area (Å²) in [5.74, 6) is -0.889. The number of fused-ring (bicyclic) bond motifs is 1. The first-order valence-electron chi connectivity index (χ1n) is 10.4. The fourth-order valence-electron chi connectivity index (χ4n) is 3.45. The van der Waals surface area contributed by atoms with Gasteiger partial charge in [0.1, 0.15) is 5.82 Å². The molecule has 35 heavy (non-hydrogen) atoms. The maximum Gasteiger partial charge on any atom is 0.323 e. The van der Waals surface area contributed by atoms with Crippen LogP contribution in [0.2, 0.25) is 5.02 Å². The second-order valence-electron chi connectivity index (χ2n) is 7.56. The van der Waals surface area contributed by atoms with E-state index in [2.05, 4.69) is 30.8 Å². The summed E-state index contributed by atoms with van der Waals surface area (Å²) in [6, 6.07) is 14.9. The number of nitrogens with zero attached hydrogens (tertiary/aromatic N) is 3. The quantitative estimate of drug-likeness (QED) is 0.276. The van der Waals surface area contributed by atoms with Gasteiger partial charge in [0.25, 0.3) is 0 Å². The lowest BCUT2D eigenvalue weighted by Gasteiger charge is -2.10. The van der Waals surface area contributed by atoms with E-state index in [0.717, 1.165) is 11.6 Å². The number of hydrogen-bond acceptors (Lipinski definition) is 5. The summed E-state index contributed by atoms with van der Waals surface area (Å²) in [6.45, 7) is 0. The zero-order valence-electron chi connectivity index (χ0n) is 17.9. The van der Waals surface area contributed by atoms with Crippen molar-refractivity contribution in [1.82, 2.24) is 20.2 Å². The third-order valence-corrected chi connectivity index (χ3v) is 5.47. The predicted molar refractivity (Wildman–Crippen MR) is 131 cm³/mol. The van der Waals surface area contributed by atoms with Crippen molar-refractivity contribution in [3.63, 3.8) is 0 Å². The number of aromatic nitrogens is 4. The largest absolute Gasteiger partial charge is 0.323 e. The fourth-order valence-corrected chi connectivity index (χ4v) is 3.57. The van der Waals surface area contributed by atoms with E-state index in [9.17, 15) is 14.0 Å². The second-order valence-corrected chi connectivity index (χ2v) is 7.97. The Morgan fingerprint density at radius 2 is 1.69 bits per heavy atom. The molecule has 0 unspecified atom stereocenters. The van der Waals surface area contributed by atoms with E-state index in [1.54, 1.807) is 61.1 Å². The van der Waals surface area contributed by atoms with Gasteiger partial charge < -0.3 is 10.6 Å². The lowest BCUT2D eigenvalue weighted by atomic mass is 10.0. The van der Waals surface area contributed by atoms with Crippen LogP contribution in [-0.2, 0) is 0 Å². The van der Waals surface area contributed by atoms with E-state index in [1.165, 1.54) is 12.1 Å². The third kappa shape index (κ3) is 4.85. The van der Waals surface area contributed by atoms with Crippen molar-refractivity contribution in [1.29, 1.82) is 0 Å². The zero-order chi connectivity index (χ0) is 24.4. The Bertz CT molecular complexity index is 1570. The molecule has 5 rings (SSSR count). The number of ketones is 1. The van der Waals surface area contributed by atoms with Crippen LogP contribution >= 0.6 is 11.6 Å². The Hall–Kier alpha value is -4.63. The Balaban J connectivity index is 1.35. The van der Waals surface area contributed by atoms with E-state index in [-0.39, 0.29) is 16.5 Å². The van der Waals surface area contributed by atoms with Gasteiger partial charge in [-0.3, -0.25) is 14.9 Å². The molecule has 0 bridgehead atoms. The van der Waals surface area contributed by atoms with Crippen LogP contribution in [0, 0.1) is 5.82 Å². The standard InChI is InChI=1S/C25H16ClFN6O2/c26-19-6-5-18(10-20(19)27)32-25(35)31-17-3-1-2-14(8-17)24(34)15-4-7-21-22(9-15)33-23(13-28-21)16-11-29-30-12-16/h1-13H,(H,29,30)(H2,31,32,35). The number of urea groups is 1. The molecule has 0 spiro atoms. The minimum absolute atomic E-state index is 0.0421. The molecular formula is C25H16ClFN6O2. The molecule has 3 N–H and O–H groups in total. The SMILES string of the molecule is O=C(Nc1cccc(C(=O)c2ccc3ncc(-c4cn[nH]c4)nc3c2)c1)Nc1ccc(Cl)c(F)c1. The lowest BCUT2D eigenvalue weighted by molar-refractivity contribution is 0.103. The average molecular weight is 487 g/mol. The molecule has 172 valence electrons. The maximum absolute atomic E-state index is 13.6. The van der Waals surface area contributed by atoms with Crippen LogP contribution in [0.15, 0.2) is 79.3 Å². The molecule has 2 aromatic heterocycles. The Morgan fingerprint density at radius 1 is 0.886 bits per heavy atom. The van der Waals surface area contributed by atoms with Crippen molar-refractivity contribution in [2.45, 2.75) is 0 Å². The third-order valence-electron chi connectivity index (χ3n) is 5.16. The summed E-state index contributed by atoms with van der Waals surface area (Å²) in [5, 5.41) is 11.8. The van der Waals surface area contributed by atoms with Crippen LogP contribution in [-0.4, -0.2) is 32.0 Å². The van der Waals surface area contributed by atoms with Crippen molar-refractivity contribution in [2.24, 2.45) is 0 Å². The molecule has 3 aromatic carbocycles. The van der Waals surface area contributed by atoms with Gasteiger partial charge in [0.2, 0.25) is 0 Å². The van der Waals surface area contributed by atoms with Gasteiger partial charge in [-0.25, -0.2) is 14.2 Å². The Morgan fingerprint density at radius 3 is 2.46 bits per heavy atom. The zero-order valence-corrected chi connectivity index (χ0v) is 18.7. The van der Waals surface area contributed by atoms with Gasteiger partial charge in [0, 0.05) is 34.3 Å². The molecule has 2 heterocycles. The number of halogens is 2.